The van der Waals surface area contributed by atoms with Gasteiger partial charge in [0.2, 0.25) is 0 Å². The van der Waals surface area contributed by atoms with Crippen LogP contribution in [0.4, 0.5) is 8.78 Å². The van der Waals surface area contributed by atoms with E-state index in [1.807, 2.05) is 6.92 Å². The fourth-order valence-corrected chi connectivity index (χ4v) is 1.94. The molecule has 1 aromatic carbocycles. The number of hydrogen-bond donors (Lipinski definition) is 2. The largest absolute Gasteiger partial charge is 0.490 e. The van der Waals surface area contributed by atoms with Crippen LogP contribution in [0.1, 0.15) is 19.4 Å². The number of benzene rings is 1. The van der Waals surface area contributed by atoms with Gasteiger partial charge in [0, 0.05) is 18.7 Å². The van der Waals surface area contributed by atoms with E-state index in [1.54, 1.807) is 32.2 Å². The minimum Gasteiger partial charge on any atom is -0.490 e. The Bertz CT molecular complexity index is 513. The van der Waals surface area contributed by atoms with Crippen molar-refractivity contribution in [1.82, 2.24) is 5.32 Å². The van der Waals surface area contributed by atoms with Gasteiger partial charge in [0.25, 0.3) is 0 Å². The number of aliphatic imine (C=N–C) groups is 1. The van der Waals surface area contributed by atoms with E-state index >= 15 is 0 Å². The van der Waals surface area contributed by atoms with E-state index in [-0.39, 0.29) is 30.0 Å². The molecule has 0 saturated heterocycles. The zero-order valence-electron chi connectivity index (χ0n) is 13.5. The lowest BCUT2D eigenvalue weighted by atomic mass is 10.2. The van der Waals surface area contributed by atoms with Crippen molar-refractivity contribution < 1.29 is 23.0 Å². The molecule has 130 valence electrons. The lowest BCUT2D eigenvalue weighted by molar-refractivity contribution is -0.0520. The first-order valence-electron chi connectivity index (χ1n) is 7.22. The minimum absolute atomic E-state index is 0.0182. The summed E-state index contributed by atoms with van der Waals surface area (Å²) in [6.45, 7) is 1.58. The minimum atomic E-state index is -2.95. The van der Waals surface area contributed by atoms with E-state index < -0.39 is 6.61 Å². The molecule has 0 bridgehead atoms. The van der Waals surface area contributed by atoms with E-state index in [0.29, 0.717) is 18.8 Å². The Morgan fingerprint density at radius 3 is 2.74 bits per heavy atom. The van der Waals surface area contributed by atoms with Crippen LogP contribution in [-0.2, 0) is 11.3 Å². The van der Waals surface area contributed by atoms with Gasteiger partial charge in [-0.15, -0.1) is 0 Å². The molecule has 23 heavy (non-hydrogen) atoms. The molecule has 0 spiro atoms. The maximum absolute atomic E-state index is 12.6. The second-order valence-electron chi connectivity index (χ2n) is 4.76. The smallest absolute Gasteiger partial charge is 0.387 e. The van der Waals surface area contributed by atoms with Gasteiger partial charge in [-0.2, -0.15) is 8.78 Å². The fourth-order valence-electron chi connectivity index (χ4n) is 1.94. The summed E-state index contributed by atoms with van der Waals surface area (Å²) in [5.74, 6) is 0.421. The Hall–Kier alpha value is -2.09. The van der Waals surface area contributed by atoms with Crippen LogP contribution in [0, 0.1) is 0 Å². The molecule has 1 rings (SSSR count). The molecular formula is C15H23F2N3O3. The van der Waals surface area contributed by atoms with Crippen molar-refractivity contribution in [2.45, 2.75) is 33.0 Å². The number of para-hydroxylation sites is 1. The first kappa shape index (κ1) is 19.0. The van der Waals surface area contributed by atoms with Crippen molar-refractivity contribution in [1.29, 1.82) is 0 Å². The lowest BCUT2D eigenvalue weighted by Gasteiger charge is -2.15. The highest BCUT2D eigenvalue weighted by atomic mass is 19.3. The molecule has 0 fully saturated rings. The van der Waals surface area contributed by atoms with Crippen molar-refractivity contribution in [3.05, 3.63) is 23.8 Å². The topological polar surface area (TPSA) is 78.1 Å². The van der Waals surface area contributed by atoms with Crippen molar-refractivity contribution in [3.63, 3.8) is 0 Å². The number of methoxy groups -OCH3 is 1. The van der Waals surface area contributed by atoms with E-state index in [0.717, 1.165) is 0 Å². The van der Waals surface area contributed by atoms with Crippen LogP contribution in [0.25, 0.3) is 0 Å². The Kier molecular flexibility index (Phi) is 8.10. The standard InChI is InChI=1S/C15H23F2N3O3/c1-4-22-12-7-5-6-11(13(12)23-14(16)17)8-19-15(18)20-10(2)9-21-3/h5-7,10,14H,4,8-9H2,1-3H3,(H3,18,19,20). The molecule has 0 heterocycles. The summed E-state index contributed by atoms with van der Waals surface area (Å²) in [5.41, 5.74) is 6.22. The van der Waals surface area contributed by atoms with Crippen LogP contribution in [0.2, 0.25) is 0 Å². The van der Waals surface area contributed by atoms with Gasteiger partial charge < -0.3 is 25.3 Å². The van der Waals surface area contributed by atoms with Gasteiger partial charge in [0.15, 0.2) is 17.5 Å². The third-order valence-corrected chi connectivity index (χ3v) is 2.80. The maximum atomic E-state index is 12.6. The Labute approximate surface area is 134 Å². The summed E-state index contributed by atoms with van der Waals surface area (Å²) >= 11 is 0. The molecule has 3 N–H and O–H groups in total. The molecule has 6 nitrogen and oxygen atoms in total. The monoisotopic (exact) mass is 331 g/mol. The molecule has 8 heteroatoms. The molecule has 0 aliphatic heterocycles. The number of rotatable bonds is 9. The summed E-state index contributed by atoms with van der Waals surface area (Å²) in [6.07, 6.45) is 0. The molecule has 0 amide bonds. The maximum Gasteiger partial charge on any atom is 0.387 e. The van der Waals surface area contributed by atoms with Gasteiger partial charge in [-0.3, -0.25) is 0 Å². The first-order valence-corrected chi connectivity index (χ1v) is 7.22. The summed E-state index contributed by atoms with van der Waals surface area (Å²) < 4.78 is 40.1. The zero-order valence-corrected chi connectivity index (χ0v) is 13.5. The Morgan fingerprint density at radius 2 is 2.13 bits per heavy atom. The average Bonchev–Trinajstić information content (AvgIpc) is 2.47. The van der Waals surface area contributed by atoms with Gasteiger partial charge in [-0.1, -0.05) is 12.1 Å². The third kappa shape index (κ3) is 6.68. The van der Waals surface area contributed by atoms with Crippen LogP contribution < -0.4 is 20.5 Å². The molecule has 1 atom stereocenters. The number of ether oxygens (including phenoxy) is 3. The molecule has 1 aromatic rings. The lowest BCUT2D eigenvalue weighted by Crippen LogP contribution is -2.40. The SMILES string of the molecule is CCOc1cccc(CN=C(N)NC(C)COC)c1OC(F)F. The number of halogens is 2. The first-order chi connectivity index (χ1) is 11.0. The molecule has 1 unspecified atom stereocenters. The van der Waals surface area contributed by atoms with Crippen LogP contribution in [-0.4, -0.2) is 38.9 Å². The predicted molar refractivity (Wildman–Crippen MR) is 84.0 cm³/mol. The van der Waals surface area contributed by atoms with E-state index in [4.69, 9.17) is 15.2 Å². The molecule has 0 aromatic heterocycles. The van der Waals surface area contributed by atoms with Crippen LogP contribution in [0.15, 0.2) is 23.2 Å². The summed E-state index contributed by atoms with van der Waals surface area (Å²) in [5, 5.41) is 2.93. The van der Waals surface area contributed by atoms with E-state index in [1.165, 1.54) is 0 Å². The molecule has 0 radical (unpaired) electrons. The van der Waals surface area contributed by atoms with Crippen molar-refractivity contribution in [3.8, 4) is 11.5 Å². The molecule has 0 aliphatic carbocycles. The summed E-state index contributed by atoms with van der Waals surface area (Å²) in [6, 6.07) is 4.87. The number of guanidine groups is 1. The summed E-state index contributed by atoms with van der Waals surface area (Å²) in [4.78, 5) is 4.13. The third-order valence-electron chi connectivity index (χ3n) is 2.80. The molecule has 0 aliphatic rings. The van der Waals surface area contributed by atoms with Crippen LogP contribution in [0.3, 0.4) is 0 Å². The number of nitrogens with one attached hydrogen (secondary N) is 1. The number of nitrogens with two attached hydrogens (primary N) is 1. The van der Waals surface area contributed by atoms with Crippen molar-refractivity contribution >= 4 is 5.96 Å². The Morgan fingerprint density at radius 1 is 1.39 bits per heavy atom. The van der Waals surface area contributed by atoms with Gasteiger partial charge in [-0.25, -0.2) is 4.99 Å². The number of alkyl halides is 2. The highest BCUT2D eigenvalue weighted by Crippen LogP contribution is 2.33. The fraction of sp³-hybridized carbons (Fsp3) is 0.533. The van der Waals surface area contributed by atoms with Crippen molar-refractivity contribution in [2.24, 2.45) is 10.7 Å². The summed E-state index contributed by atoms with van der Waals surface area (Å²) in [7, 11) is 1.58. The molecular weight excluding hydrogens is 308 g/mol. The molecule has 0 saturated carbocycles. The normalized spacial score (nSPS) is 13.0. The number of nitrogens with zero attached hydrogens (tertiary/aromatic N) is 1. The van der Waals surface area contributed by atoms with E-state index in [9.17, 15) is 8.78 Å². The van der Waals surface area contributed by atoms with Gasteiger partial charge in [0.1, 0.15) is 0 Å². The second-order valence-corrected chi connectivity index (χ2v) is 4.76. The quantitative estimate of drug-likeness (QED) is 0.535. The highest BCUT2D eigenvalue weighted by molar-refractivity contribution is 5.78. The van der Waals surface area contributed by atoms with Crippen LogP contribution in [0.5, 0.6) is 11.5 Å². The average molecular weight is 331 g/mol. The van der Waals surface area contributed by atoms with E-state index in [2.05, 4.69) is 15.0 Å². The predicted octanol–water partition coefficient (Wildman–Crippen LogP) is 2.13. The zero-order chi connectivity index (χ0) is 17.2. The van der Waals surface area contributed by atoms with Gasteiger partial charge >= 0.3 is 6.61 Å². The number of hydrogen-bond acceptors (Lipinski definition) is 4. The van der Waals surface area contributed by atoms with Crippen molar-refractivity contribution in [2.75, 3.05) is 20.3 Å². The second kappa shape index (κ2) is 9.83. The van der Waals surface area contributed by atoms with Crippen LogP contribution >= 0.6 is 0 Å². The highest BCUT2D eigenvalue weighted by Gasteiger charge is 2.15. The van der Waals surface area contributed by atoms with Gasteiger partial charge in [-0.05, 0) is 19.9 Å². The van der Waals surface area contributed by atoms with Gasteiger partial charge in [0.05, 0.1) is 19.8 Å². The Balaban J connectivity index is 2.87.